The maximum atomic E-state index is 11.6. The fourth-order valence-electron chi connectivity index (χ4n) is 2.40. The van der Waals surface area contributed by atoms with Crippen molar-refractivity contribution < 1.29 is 9.53 Å². The summed E-state index contributed by atoms with van der Waals surface area (Å²) in [5.74, 6) is 0.0424. The van der Waals surface area contributed by atoms with Crippen molar-refractivity contribution in [3.05, 3.63) is 41.0 Å². The summed E-state index contributed by atoms with van der Waals surface area (Å²) < 4.78 is 5.39. The van der Waals surface area contributed by atoms with Gasteiger partial charge in [-0.25, -0.2) is 0 Å². The van der Waals surface area contributed by atoms with Crippen LogP contribution in [0.3, 0.4) is 0 Å². The van der Waals surface area contributed by atoms with Crippen molar-refractivity contribution >= 4 is 11.5 Å². The van der Waals surface area contributed by atoms with Crippen LogP contribution in [-0.4, -0.2) is 12.6 Å². The van der Waals surface area contributed by atoms with E-state index in [1.54, 1.807) is 0 Å². The smallest absolute Gasteiger partial charge is 0.308 e. The molecule has 96 valence electrons. The quantitative estimate of drug-likeness (QED) is 0.756. The van der Waals surface area contributed by atoms with Crippen LogP contribution in [0.5, 0.6) is 0 Å². The molecule has 1 atom stereocenters. The van der Waals surface area contributed by atoms with Gasteiger partial charge in [-0.3, -0.25) is 4.79 Å². The number of hydrogen-bond acceptors (Lipinski definition) is 2. The third-order valence-electron chi connectivity index (χ3n) is 3.72. The predicted molar refractivity (Wildman–Crippen MR) is 73.2 cm³/mol. The van der Waals surface area contributed by atoms with E-state index in [4.69, 9.17) is 4.74 Å². The number of ether oxygens (including phenoxy) is 1. The Morgan fingerprint density at radius 3 is 2.61 bits per heavy atom. The standard InChI is InChI=1S/C16H20O2/c1-10(2)16(17)18-9-15-12(4)11(3)13-7-5-6-8-14(13)15/h5-8,10,15H,9H2,1-4H3. The Bertz CT molecular complexity index is 498. The largest absolute Gasteiger partial charge is 0.464 e. The van der Waals surface area contributed by atoms with Crippen LogP contribution in [0.4, 0.5) is 0 Å². The number of rotatable bonds is 3. The van der Waals surface area contributed by atoms with Gasteiger partial charge in [0.25, 0.3) is 0 Å². The van der Waals surface area contributed by atoms with Gasteiger partial charge in [0.1, 0.15) is 6.61 Å². The molecular formula is C16H20O2. The van der Waals surface area contributed by atoms with Crippen molar-refractivity contribution in [2.45, 2.75) is 33.6 Å². The van der Waals surface area contributed by atoms with Crippen molar-refractivity contribution in [1.29, 1.82) is 0 Å². The van der Waals surface area contributed by atoms with Crippen molar-refractivity contribution in [3.8, 4) is 0 Å². The maximum absolute atomic E-state index is 11.6. The summed E-state index contributed by atoms with van der Waals surface area (Å²) in [5, 5.41) is 0. The first kappa shape index (κ1) is 12.9. The molecule has 0 aliphatic heterocycles. The lowest BCUT2D eigenvalue weighted by atomic mass is 9.97. The molecule has 0 heterocycles. The van der Waals surface area contributed by atoms with Gasteiger partial charge in [0.15, 0.2) is 0 Å². The summed E-state index contributed by atoms with van der Waals surface area (Å²) >= 11 is 0. The molecule has 0 saturated heterocycles. The van der Waals surface area contributed by atoms with E-state index in [-0.39, 0.29) is 17.8 Å². The molecular weight excluding hydrogens is 224 g/mol. The number of carbonyl (C=O) groups excluding carboxylic acids is 1. The summed E-state index contributed by atoms with van der Waals surface area (Å²) in [6, 6.07) is 8.36. The van der Waals surface area contributed by atoms with Crippen LogP contribution in [0.2, 0.25) is 0 Å². The Hall–Kier alpha value is -1.57. The highest BCUT2D eigenvalue weighted by molar-refractivity contribution is 5.77. The van der Waals surface area contributed by atoms with Crippen LogP contribution in [0, 0.1) is 5.92 Å². The Kier molecular flexibility index (Phi) is 3.55. The van der Waals surface area contributed by atoms with E-state index in [9.17, 15) is 4.79 Å². The van der Waals surface area contributed by atoms with Gasteiger partial charge < -0.3 is 4.74 Å². The fourth-order valence-corrected chi connectivity index (χ4v) is 2.40. The number of fused-ring (bicyclic) bond motifs is 1. The Balaban J connectivity index is 2.17. The van der Waals surface area contributed by atoms with E-state index < -0.39 is 0 Å². The van der Waals surface area contributed by atoms with Crippen molar-refractivity contribution in [1.82, 2.24) is 0 Å². The molecule has 0 N–H and O–H groups in total. The number of esters is 1. The Morgan fingerprint density at radius 1 is 1.28 bits per heavy atom. The van der Waals surface area contributed by atoms with Crippen LogP contribution in [0.15, 0.2) is 29.8 Å². The number of carbonyl (C=O) groups is 1. The molecule has 1 aliphatic carbocycles. The third-order valence-corrected chi connectivity index (χ3v) is 3.72. The molecule has 0 radical (unpaired) electrons. The zero-order valence-electron chi connectivity index (χ0n) is 11.5. The first-order valence-electron chi connectivity index (χ1n) is 6.45. The molecule has 1 aromatic carbocycles. The van der Waals surface area contributed by atoms with Crippen LogP contribution in [0.25, 0.3) is 5.57 Å². The molecule has 0 spiro atoms. The first-order chi connectivity index (χ1) is 8.52. The summed E-state index contributed by atoms with van der Waals surface area (Å²) in [5.41, 5.74) is 5.20. The van der Waals surface area contributed by atoms with Crippen LogP contribution in [0.1, 0.15) is 44.7 Å². The van der Waals surface area contributed by atoms with Gasteiger partial charge in [-0.1, -0.05) is 43.7 Å². The van der Waals surface area contributed by atoms with E-state index in [2.05, 4.69) is 32.0 Å². The molecule has 0 fully saturated rings. The third kappa shape index (κ3) is 2.20. The van der Waals surface area contributed by atoms with Gasteiger partial charge in [-0.2, -0.15) is 0 Å². The lowest BCUT2D eigenvalue weighted by molar-refractivity contribution is -0.147. The molecule has 0 aromatic heterocycles. The summed E-state index contributed by atoms with van der Waals surface area (Å²) in [6.07, 6.45) is 0. The monoisotopic (exact) mass is 244 g/mol. The average molecular weight is 244 g/mol. The normalized spacial score (nSPS) is 18.2. The second kappa shape index (κ2) is 4.97. The van der Waals surface area contributed by atoms with Crippen LogP contribution in [-0.2, 0) is 9.53 Å². The predicted octanol–water partition coefficient (Wildman–Crippen LogP) is 3.78. The molecule has 18 heavy (non-hydrogen) atoms. The Labute approximate surface area is 109 Å². The van der Waals surface area contributed by atoms with Gasteiger partial charge in [0, 0.05) is 5.92 Å². The van der Waals surface area contributed by atoms with E-state index in [1.807, 2.05) is 19.9 Å². The number of allylic oxidation sites excluding steroid dienone is 1. The van der Waals surface area contributed by atoms with Crippen LogP contribution >= 0.6 is 0 Å². The number of hydrogen-bond donors (Lipinski definition) is 0. The highest BCUT2D eigenvalue weighted by atomic mass is 16.5. The highest BCUT2D eigenvalue weighted by Crippen LogP contribution is 2.41. The van der Waals surface area contributed by atoms with E-state index in [0.29, 0.717) is 6.61 Å². The summed E-state index contributed by atoms with van der Waals surface area (Å²) in [6.45, 7) is 8.44. The van der Waals surface area contributed by atoms with Crippen molar-refractivity contribution in [2.75, 3.05) is 6.61 Å². The molecule has 2 nitrogen and oxygen atoms in total. The molecule has 2 heteroatoms. The van der Waals surface area contributed by atoms with Crippen LogP contribution < -0.4 is 0 Å². The first-order valence-corrected chi connectivity index (χ1v) is 6.45. The zero-order valence-corrected chi connectivity index (χ0v) is 11.5. The second-order valence-electron chi connectivity index (χ2n) is 5.23. The van der Waals surface area contributed by atoms with Gasteiger partial charge in [0.2, 0.25) is 0 Å². The molecule has 2 rings (SSSR count). The molecule has 1 aliphatic rings. The fraction of sp³-hybridized carbons (Fsp3) is 0.438. The van der Waals surface area contributed by atoms with E-state index in [0.717, 1.165) is 0 Å². The van der Waals surface area contributed by atoms with E-state index in [1.165, 1.54) is 22.3 Å². The average Bonchev–Trinajstić information content (AvgIpc) is 2.60. The molecule has 1 aromatic rings. The minimum atomic E-state index is -0.121. The van der Waals surface area contributed by atoms with E-state index >= 15 is 0 Å². The maximum Gasteiger partial charge on any atom is 0.308 e. The van der Waals surface area contributed by atoms with Gasteiger partial charge in [-0.05, 0) is 30.5 Å². The van der Waals surface area contributed by atoms with Crippen molar-refractivity contribution in [2.24, 2.45) is 5.92 Å². The lowest BCUT2D eigenvalue weighted by Crippen LogP contribution is -2.16. The minimum Gasteiger partial charge on any atom is -0.464 e. The van der Waals surface area contributed by atoms with Gasteiger partial charge in [-0.15, -0.1) is 0 Å². The Morgan fingerprint density at radius 2 is 1.94 bits per heavy atom. The topological polar surface area (TPSA) is 26.3 Å². The summed E-state index contributed by atoms with van der Waals surface area (Å²) in [4.78, 5) is 11.6. The molecule has 1 unspecified atom stereocenters. The zero-order chi connectivity index (χ0) is 13.3. The lowest BCUT2D eigenvalue weighted by Gasteiger charge is -2.15. The molecule has 0 saturated carbocycles. The molecule has 0 amide bonds. The van der Waals surface area contributed by atoms with Gasteiger partial charge in [0.05, 0.1) is 5.92 Å². The second-order valence-corrected chi connectivity index (χ2v) is 5.23. The van der Waals surface area contributed by atoms with Gasteiger partial charge >= 0.3 is 5.97 Å². The molecule has 0 bridgehead atoms. The summed E-state index contributed by atoms with van der Waals surface area (Å²) in [7, 11) is 0. The minimum absolute atomic E-state index is 0.0629. The highest BCUT2D eigenvalue weighted by Gasteiger charge is 2.27. The number of benzene rings is 1. The van der Waals surface area contributed by atoms with Crippen molar-refractivity contribution in [3.63, 3.8) is 0 Å². The SMILES string of the molecule is CC1=C(C)C(COC(=O)C(C)C)c2ccccc21.